The number of carbonyl (C=O) groups excluding carboxylic acids is 1. The fourth-order valence-electron chi connectivity index (χ4n) is 1.85. The molecule has 0 bridgehead atoms. The van der Waals surface area contributed by atoms with Crippen LogP contribution in [0.1, 0.15) is 27.3 Å². The van der Waals surface area contributed by atoms with Gasteiger partial charge in [-0.25, -0.2) is 4.68 Å². The van der Waals surface area contributed by atoms with E-state index >= 15 is 0 Å². The molecule has 6 nitrogen and oxygen atoms in total. The number of carbonyl (C=O) groups is 1. The van der Waals surface area contributed by atoms with Crippen molar-refractivity contribution in [1.82, 2.24) is 9.78 Å². The Bertz CT molecular complexity index is 674. The standard InChI is InChI=1S/C13H13N3O3/c1-8-9(2)14-15(10(8)3)13(17)11-6-4-5-7-12(11)16(18)19/h4-7H,1-3H3. The van der Waals surface area contributed by atoms with Crippen molar-refractivity contribution in [2.45, 2.75) is 20.8 Å². The van der Waals surface area contributed by atoms with E-state index in [2.05, 4.69) is 5.10 Å². The molecule has 19 heavy (non-hydrogen) atoms. The van der Waals surface area contributed by atoms with Gasteiger partial charge in [-0.3, -0.25) is 14.9 Å². The topological polar surface area (TPSA) is 78.0 Å². The van der Waals surface area contributed by atoms with Crippen molar-refractivity contribution in [1.29, 1.82) is 0 Å². The van der Waals surface area contributed by atoms with Gasteiger partial charge < -0.3 is 0 Å². The van der Waals surface area contributed by atoms with E-state index in [-0.39, 0.29) is 11.3 Å². The van der Waals surface area contributed by atoms with Crippen LogP contribution >= 0.6 is 0 Å². The van der Waals surface area contributed by atoms with Crippen LogP contribution in [0.25, 0.3) is 0 Å². The Hall–Kier alpha value is -2.50. The summed E-state index contributed by atoms with van der Waals surface area (Å²) in [4.78, 5) is 22.7. The molecule has 0 saturated carbocycles. The van der Waals surface area contributed by atoms with Crippen LogP contribution in [0, 0.1) is 30.9 Å². The summed E-state index contributed by atoms with van der Waals surface area (Å²) in [6.07, 6.45) is 0. The van der Waals surface area contributed by atoms with E-state index in [1.165, 1.54) is 22.9 Å². The predicted octanol–water partition coefficient (Wildman–Crippen LogP) is 2.41. The van der Waals surface area contributed by atoms with E-state index in [1.54, 1.807) is 19.9 Å². The SMILES string of the molecule is Cc1nn(C(=O)c2ccccc2[N+](=O)[O-])c(C)c1C. The molecule has 0 aliphatic rings. The zero-order valence-corrected chi connectivity index (χ0v) is 10.9. The van der Waals surface area contributed by atoms with Gasteiger partial charge in [-0.1, -0.05) is 12.1 Å². The Morgan fingerprint density at radius 3 is 2.42 bits per heavy atom. The lowest BCUT2D eigenvalue weighted by atomic mass is 10.1. The quantitative estimate of drug-likeness (QED) is 0.612. The number of aryl methyl sites for hydroxylation is 1. The second-order valence-corrected chi connectivity index (χ2v) is 4.29. The zero-order chi connectivity index (χ0) is 14.2. The zero-order valence-electron chi connectivity index (χ0n) is 10.9. The number of rotatable bonds is 2. The third-order valence-electron chi connectivity index (χ3n) is 3.18. The molecule has 0 unspecified atom stereocenters. The number of benzene rings is 1. The first-order valence-electron chi connectivity index (χ1n) is 5.74. The van der Waals surface area contributed by atoms with Crippen LogP contribution in [0.4, 0.5) is 5.69 Å². The number of para-hydroxylation sites is 1. The number of hydrogen-bond donors (Lipinski definition) is 0. The molecular weight excluding hydrogens is 246 g/mol. The molecule has 6 heteroatoms. The molecule has 1 aromatic heterocycles. The molecule has 2 rings (SSSR count). The number of aromatic nitrogens is 2. The Balaban J connectivity index is 2.56. The molecule has 0 aliphatic heterocycles. The Morgan fingerprint density at radius 2 is 1.89 bits per heavy atom. The van der Waals surface area contributed by atoms with Crippen LogP contribution in [0.5, 0.6) is 0 Å². The van der Waals surface area contributed by atoms with Crippen molar-refractivity contribution >= 4 is 11.6 Å². The highest BCUT2D eigenvalue weighted by Crippen LogP contribution is 2.20. The maximum atomic E-state index is 12.4. The summed E-state index contributed by atoms with van der Waals surface area (Å²) in [7, 11) is 0. The summed E-state index contributed by atoms with van der Waals surface area (Å²) < 4.78 is 1.22. The fourth-order valence-corrected chi connectivity index (χ4v) is 1.85. The fraction of sp³-hybridized carbons (Fsp3) is 0.231. The maximum Gasteiger partial charge on any atom is 0.285 e. The smallest absolute Gasteiger partial charge is 0.266 e. The predicted molar refractivity (Wildman–Crippen MR) is 69.3 cm³/mol. The van der Waals surface area contributed by atoms with Crippen LogP contribution in [0.2, 0.25) is 0 Å². The minimum atomic E-state index is -0.564. The molecule has 0 radical (unpaired) electrons. The summed E-state index contributed by atoms with van der Waals surface area (Å²) in [6.45, 7) is 5.42. The van der Waals surface area contributed by atoms with Gasteiger partial charge >= 0.3 is 0 Å². The molecule has 0 aliphatic carbocycles. The second kappa shape index (κ2) is 4.64. The maximum absolute atomic E-state index is 12.4. The molecule has 0 N–H and O–H groups in total. The third-order valence-corrected chi connectivity index (χ3v) is 3.18. The van der Waals surface area contributed by atoms with Gasteiger partial charge in [0.25, 0.3) is 11.6 Å². The molecule has 0 atom stereocenters. The van der Waals surface area contributed by atoms with Gasteiger partial charge in [0.2, 0.25) is 0 Å². The molecule has 0 spiro atoms. The molecule has 2 aromatic rings. The Labute approximate surface area is 109 Å². The normalized spacial score (nSPS) is 10.5. The van der Waals surface area contributed by atoms with Gasteiger partial charge in [0.05, 0.1) is 10.6 Å². The molecule has 0 amide bonds. The highest BCUT2D eigenvalue weighted by Gasteiger charge is 2.23. The van der Waals surface area contributed by atoms with Crippen LogP contribution in [-0.2, 0) is 0 Å². The average molecular weight is 259 g/mol. The number of nitro groups is 1. The van der Waals surface area contributed by atoms with E-state index in [0.717, 1.165) is 11.3 Å². The highest BCUT2D eigenvalue weighted by atomic mass is 16.6. The van der Waals surface area contributed by atoms with Gasteiger partial charge in [-0.05, 0) is 32.4 Å². The van der Waals surface area contributed by atoms with Crippen molar-refractivity contribution in [3.63, 3.8) is 0 Å². The van der Waals surface area contributed by atoms with Crippen LogP contribution in [0.3, 0.4) is 0 Å². The van der Waals surface area contributed by atoms with E-state index in [0.29, 0.717) is 5.69 Å². The first-order valence-corrected chi connectivity index (χ1v) is 5.74. The first-order chi connectivity index (χ1) is 8.93. The van der Waals surface area contributed by atoms with E-state index in [1.807, 2.05) is 6.92 Å². The van der Waals surface area contributed by atoms with Gasteiger partial charge in [-0.15, -0.1) is 0 Å². The van der Waals surface area contributed by atoms with Crippen molar-refractivity contribution in [2.75, 3.05) is 0 Å². The monoisotopic (exact) mass is 259 g/mol. The van der Waals surface area contributed by atoms with Crippen LogP contribution < -0.4 is 0 Å². The second-order valence-electron chi connectivity index (χ2n) is 4.29. The van der Waals surface area contributed by atoms with E-state index < -0.39 is 10.8 Å². The first kappa shape index (κ1) is 12.9. The van der Waals surface area contributed by atoms with Crippen LogP contribution in [0.15, 0.2) is 24.3 Å². The molecule has 1 heterocycles. The summed E-state index contributed by atoms with van der Waals surface area (Å²) in [6, 6.07) is 5.87. The van der Waals surface area contributed by atoms with Crippen molar-refractivity contribution in [3.05, 3.63) is 56.9 Å². The largest absolute Gasteiger partial charge is 0.285 e. The lowest BCUT2D eigenvalue weighted by Gasteiger charge is -2.04. The van der Waals surface area contributed by atoms with Gasteiger partial charge in [0, 0.05) is 11.8 Å². The summed E-state index contributed by atoms with van der Waals surface area (Å²) in [5.74, 6) is -0.485. The minimum Gasteiger partial charge on any atom is -0.266 e. The average Bonchev–Trinajstić information content (AvgIpc) is 2.65. The van der Waals surface area contributed by atoms with Crippen molar-refractivity contribution in [3.8, 4) is 0 Å². The summed E-state index contributed by atoms with van der Waals surface area (Å²) >= 11 is 0. The van der Waals surface area contributed by atoms with Gasteiger partial charge in [-0.2, -0.15) is 5.10 Å². The van der Waals surface area contributed by atoms with Crippen molar-refractivity contribution < 1.29 is 9.72 Å². The number of nitrogens with zero attached hydrogens (tertiary/aromatic N) is 3. The van der Waals surface area contributed by atoms with Gasteiger partial charge in [0.1, 0.15) is 5.56 Å². The Kier molecular flexibility index (Phi) is 3.16. The van der Waals surface area contributed by atoms with Crippen LogP contribution in [-0.4, -0.2) is 20.6 Å². The lowest BCUT2D eigenvalue weighted by Crippen LogP contribution is -2.16. The number of nitro benzene ring substituents is 1. The molecule has 1 aromatic carbocycles. The van der Waals surface area contributed by atoms with E-state index in [9.17, 15) is 14.9 Å². The molecule has 0 saturated heterocycles. The third kappa shape index (κ3) is 2.12. The Morgan fingerprint density at radius 1 is 1.26 bits per heavy atom. The summed E-state index contributed by atoms with van der Waals surface area (Å²) in [5.41, 5.74) is 2.17. The number of hydrogen-bond acceptors (Lipinski definition) is 4. The van der Waals surface area contributed by atoms with Gasteiger partial charge in [0.15, 0.2) is 0 Å². The van der Waals surface area contributed by atoms with Crippen molar-refractivity contribution in [2.24, 2.45) is 0 Å². The lowest BCUT2D eigenvalue weighted by molar-refractivity contribution is -0.385. The highest BCUT2D eigenvalue weighted by molar-refractivity contribution is 5.99. The van der Waals surface area contributed by atoms with E-state index in [4.69, 9.17) is 0 Å². The minimum absolute atomic E-state index is 0.0399. The molecule has 0 fully saturated rings. The molecular formula is C13H13N3O3. The molecule has 98 valence electrons. The summed E-state index contributed by atoms with van der Waals surface area (Å²) in [5, 5.41) is 15.1.